The van der Waals surface area contributed by atoms with Gasteiger partial charge in [-0.1, -0.05) is 6.07 Å². The molecule has 0 unspecified atom stereocenters. The molecular weight excluding hydrogens is 321 g/mol. The summed E-state index contributed by atoms with van der Waals surface area (Å²) in [5.74, 6) is -0.165. The Balaban J connectivity index is 1.63. The molecule has 2 heterocycles. The molecule has 1 atom stereocenters. The molecule has 1 N–H and O–H groups in total. The summed E-state index contributed by atoms with van der Waals surface area (Å²) >= 11 is 0. The number of likely N-dealkylation sites (tertiary alicyclic amines) is 2. The first-order valence-electron chi connectivity index (χ1n) is 9.08. The lowest BCUT2D eigenvalue weighted by Gasteiger charge is -2.27. The van der Waals surface area contributed by atoms with E-state index in [0.29, 0.717) is 19.5 Å². The van der Waals surface area contributed by atoms with Gasteiger partial charge in [0.05, 0.1) is 5.69 Å². The van der Waals surface area contributed by atoms with Gasteiger partial charge in [-0.05, 0) is 56.7 Å². The minimum absolute atomic E-state index is 0.227. The Hall–Kier alpha value is -2.11. The summed E-state index contributed by atoms with van der Waals surface area (Å²) in [7, 11) is 0. The second-order valence-electron chi connectivity index (χ2n) is 7.13. The van der Waals surface area contributed by atoms with Crippen molar-refractivity contribution in [3.05, 3.63) is 29.1 Å². The maximum atomic E-state index is 14.2. The minimum Gasteiger partial charge on any atom is -0.340 e. The molecule has 25 heavy (non-hydrogen) atoms. The maximum absolute atomic E-state index is 14.2. The molecule has 1 aromatic carbocycles. The lowest BCUT2D eigenvalue weighted by atomic mass is 10.1. The highest BCUT2D eigenvalue weighted by molar-refractivity contribution is 5.90. The van der Waals surface area contributed by atoms with Gasteiger partial charge in [0.1, 0.15) is 5.82 Å². The van der Waals surface area contributed by atoms with Gasteiger partial charge in [-0.25, -0.2) is 9.18 Å². The van der Waals surface area contributed by atoms with E-state index in [1.54, 1.807) is 11.8 Å². The Kier molecular flexibility index (Phi) is 5.25. The normalized spacial score (nSPS) is 21.4. The number of aryl methyl sites for hydroxylation is 2. The molecule has 5 nitrogen and oxygen atoms in total. The van der Waals surface area contributed by atoms with Crippen LogP contribution in [0.4, 0.5) is 14.9 Å². The number of carbonyl (C=O) groups is 2. The van der Waals surface area contributed by atoms with E-state index in [0.717, 1.165) is 43.4 Å². The highest BCUT2D eigenvalue weighted by Crippen LogP contribution is 2.24. The number of rotatable bonds is 2. The zero-order valence-electron chi connectivity index (χ0n) is 15.0. The molecule has 2 fully saturated rings. The topological polar surface area (TPSA) is 52.7 Å². The van der Waals surface area contributed by atoms with Crippen LogP contribution in [0.3, 0.4) is 0 Å². The molecule has 0 radical (unpaired) electrons. The summed E-state index contributed by atoms with van der Waals surface area (Å²) < 4.78 is 14.2. The second-order valence-corrected chi connectivity index (χ2v) is 7.13. The van der Waals surface area contributed by atoms with Crippen LogP contribution in [0.2, 0.25) is 0 Å². The first-order valence-corrected chi connectivity index (χ1v) is 9.08. The van der Waals surface area contributed by atoms with Crippen molar-refractivity contribution in [3.8, 4) is 0 Å². The average Bonchev–Trinajstić information content (AvgIpc) is 2.83. The predicted molar refractivity (Wildman–Crippen MR) is 95.1 cm³/mol. The van der Waals surface area contributed by atoms with Crippen LogP contribution in [-0.2, 0) is 4.79 Å². The monoisotopic (exact) mass is 347 g/mol. The Labute approximate surface area is 148 Å². The van der Waals surface area contributed by atoms with Crippen molar-refractivity contribution >= 4 is 17.6 Å². The lowest BCUT2D eigenvalue weighted by molar-refractivity contribution is -0.129. The number of hydrogen-bond donors (Lipinski definition) is 1. The number of urea groups is 1. The van der Waals surface area contributed by atoms with Crippen molar-refractivity contribution < 1.29 is 14.0 Å². The minimum atomic E-state index is -0.402. The number of hydrogen-bond acceptors (Lipinski definition) is 2. The van der Waals surface area contributed by atoms with Gasteiger partial charge < -0.3 is 15.1 Å². The fourth-order valence-corrected chi connectivity index (χ4v) is 3.91. The van der Waals surface area contributed by atoms with E-state index in [1.165, 1.54) is 6.07 Å². The molecule has 6 heteroatoms. The molecular formula is C19H26FN3O2. The van der Waals surface area contributed by atoms with E-state index in [9.17, 15) is 14.0 Å². The molecule has 0 saturated carbocycles. The maximum Gasteiger partial charge on any atom is 0.321 e. The predicted octanol–water partition coefficient (Wildman–Crippen LogP) is 3.45. The van der Waals surface area contributed by atoms with Crippen molar-refractivity contribution in [1.29, 1.82) is 0 Å². The third-order valence-electron chi connectivity index (χ3n) is 5.20. The molecule has 1 aromatic rings. The largest absolute Gasteiger partial charge is 0.340 e. The summed E-state index contributed by atoms with van der Waals surface area (Å²) in [6, 6.07) is 3.25. The smallest absolute Gasteiger partial charge is 0.321 e. The molecule has 136 valence electrons. The van der Waals surface area contributed by atoms with Crippen molar-refractivity contribution in [3.63, 3.8) is 0 Å². The van der Waals surface area contributed by atoms with Gasteiger partial charge in [-0.2, -0.15) is 0 Å². The van der Waals surface area contributed by atoms with Crippen LogP contribution in [0.15, 0.2) is 12.1 Å². The lowest BCUT2D eigenvalue weighted by Crippen LogP contribution is -2.39. The highest BCUT2D eigenvalue weighted by Gasteiger charge is 2.30. The van der Waals surface area contributed by atoms with Crippen LogP contribution in [0, 0.1) is 19.7 Å². The van der Waals surface area contributed by atoms with Gasteiger partial charge in [0.2, 0.25) is 5.91 Å². The average molecular weight is 347 g/mol. The molecule has 2 aliphatic heterocycles. The van der Waals surface area contributed by atoms with Gasteiger partial charge in [0.15, 0.2) is 0 Å². The molecule has 0 spiro atoms. The number of benzene rings is 1. The number of halogens is 1. The third kappa shape index (κ3) is 3.94. The number of amides is 3. The summed E-state index contributed by atoms with van der Waals surface area (Å²) in [5.41, 5.74) is 1.81. The molecule has 2 saturated heterocycles. The van der Waals surface area contributed by atoms with Crippen LogP contribution < -0.4 is 5.32 Å². The highest BCUT2D eigenvalue weighted by atomic mass is 19.1. The first-order chi connectivity index (χ1) is 12.0. The van der Waals surface area contributed by atoms with Crippen molar-refractivity contribution in [2.24, 2.45) is 0 Å². The number of nitrogens with zero attached hydrogens (tertiary/aromatic N) is 2. The third-order valence-corrected chi connectivity index (χ3v) is 5.20. The molecule has 3 amide bonds. The molecule has 2 aliphatic rings. The van der Waals surface area contributed by atoms with Crippen LogP contribution in [-0.4, -0.2) is 47.4 Å². The zero-order chi connectivity index (χ0) is 18.0. The molecule has 3 rings (SSSR count). The number of carbonyl (C=O) groups excluding carboxylic acids is 2. The standard InChI is InChI=1S/C19H26FN3O2/c1-13-11-14(2)18(16(20)12-13)21-19(25)22-8-3-5-15(7-10-22)23-9-4-6-17(23)24/h11-12,15H,3-10H2,1-2H3,(H,21,25)/t15-/m0/s1. The van der Waals surface area contributed by atoms with E-state index < -0.39 is 5.82 Å². The number of nitrogens with one attached hydrogen (secondary N) is 1. The summed E-state index contributed by atoms with van der Waals surface area (Å²) in [6.07, 6.45) is 4.15. The summed E-state index contributed by atoms with van der Waals surface area (Å²) in [5, 5.41) is 2.73. The first kappa shape index (κ1) is 17.7. The fraction of sp³-hybridized carbons (Fsp3) is 0.579. The van der Waals surface area contributed by atoms with E-state index in [4.69, 9.17) is 0 Å². The van der Waals surface area contributed by atoms with E-state index >= 15 is 0 Å². The Morgan fingerprint density at radius 2 is 1.96 bits per heavy atom. The van der Waals surface area contributed by atoms with Crippen LogP contribution in [0.25, 0.3) is 0 Å². The van der Waals surface area contributed by atoms with Crippen LogP contribution in [0.1, 0.15) is 43.2 Å². The quantitative estimate of drug-likeness (QED) is 0.891. The van der Waals surface area contributed by atoms with Gasteiger partial charge >= 0.3 is 6.03 Å². The fourth-order valence-electron chi connectivity index (χ4n) is 3.91. The SMILES string of the molecule is Cc1cc(C)c(NC(=O)N2CCC[C@H](N3CCCC3=O)CC2)c(F)c1. The van der Waals surface area contributed by atoms with Crippen molar-refractivity contribution in [1.82, 2.24) is 9.80 Å². The van der Waals surface area contributed by atoms with E-state index in [2.05, 4.69) is 5.32 Å². The van der Waals surface area contributed by atoms with Crippen molar-refractivity contribution in [2.75, 3.05) is 25.0 Å². The van der Waals surface area contributed by atoms with E-state index in [1.807, 2.05) is 17.9 Å². The van der Waals surface area contributed by atoms with Crippen molar-refractivity contribution in [2.45, 2.75) is 52.0 Å². The van der Waals surface area contributed by atoms with Crippen LogP contribution in [0.5, 0.6) is 0 Å². The Bertz CT molecular complexity index is 654. The number of anilines is 1. The molecule has 0 bridgehead atoms. The molecule has 0 aromatic heterocycles. The summed E-state index contributed by atoms with van der Waals surface area (Å²) in [6.45, 7) is 5.69. The van der Waals surface area contributed by atoms with Crippen LogP contribution >= 0.6 is 0 Å². The van der Waals surface area contributed by atoms with Gasteiger partial charge in [-0.15, -0.1) is 0 Å². The summed E-state index contributed by atoms with van der Waals surface area (Å²) in [4.78, 5) is 28.2. The van der Waals surface area contributed by atoms with E-state index in [-0.39, 0.29) is 23.7 Å². The van der Waals surface area contributed by atoms with Gasteiger partial charge in [0, 0.05) is 32.1 Å². The van der Waals surface area contributed by atoms with Gasteiger partial charge in [-0.3, -0.25) is 4.79 Å². The van der Waals surface area contributed by atoms with Gasteiger partial charge in [0.25, 0.3) is 0 Å². The Morgan fingerprint density at radius 3 is 2.64 bits per heavy atom. The second kappa shape index (κ2) is 7.42. The molecule has 0 aliphatic carbocycles. The Morgan fingerprint density at radius 1 is 1.16 bits per heavy atom. The zero-order valence-corrected chi connectivity index (χ0v) is 15.0.